The minimum absolute atomic E-state index is 0. The lowest BCUT2D eigenvalue weighted by atomic mass is 11.2. The number of amides is 2. The van der Waals surface area contributed by atoms with E-state index in [2.05, 4.69) is 11.5 Å². The highest BCUT2D eigenvalue weighted by atomic mass is 32.3. The summed E-state index contributed by atoms with van der Waals surface area (Å²) in [6.45, 7) is 0. The summed E-state index contributed by atoms with van der Waals surface area (Å²) < 4.78 is 31.6. The fourth-order valence-corrected chi connectivity index (χ4v) is 0. The Kier molecular flexibility index (Phi) is 18.4. The summed E-state index contributed by atoms with van der Waals surface area (Å²) in [7, 11) is -4.67. The Morgan fingerprint density at radius 2 is 1.29 bits per heavy atom. The minimum atomic E-state index is -4.67. The van der Waals surface area contributed by atoms with E-state index >= 15 is 0 Å². The number of hydrogen-bond acceptors (Lipinski definition) is 6. The number of urea groups is 1. The molecule has 0 aliphatic rings. The molecule has 0 aromatic heterocycles. The van der Waals surface area contributed by atoms with Crippen LogP contribution in [0.1, 0.15) is 0 Å². The SMILES string of the molecule is N.NC(N)=O.O=S(=O)(O)O.O=[N+]([O-])O. The molecule has 10 N–H and O–H groups in total. The first-order valence-corrected chi connectivity index (χ1v) is 3.44. The number of carbonyl (C=O) groups is 1. The van der Waals surface area contributed by atoms with Crippen LogP contribution in [0.25, 0.3) is 0 Å². The summed E-state index contributed by atoms with van der Waals surface area (Å²) >= 11 is 0. The molecular formula is CH10N4O8S. The number of hydrogen-bond donors (Lipinski definition) is 6. The first-order valence-electron chi connectivity index (χ1n) is 2.05. The molecule has 0 heterocycles. The van der Waals surface area contributed by atoms with E-state index in [1.165, 1.54) is 0 Å². The van der Waals surface area contributed by atoms with Crippen molar-refractivity contribution < 1.29 is 32.6 Å². The summed E-state index contributed by atoms with van der Waals surface area (Å²) in [6, 6.07) is -0.833. The second-order valence-electron chi connectivity index (χ2n) is 1.09. The van der Waals surface area contributed by atoms with Crippen LogP contribution in [-0.2, 0) is 10.4 Å². The molecule has 0 rings (SSSR count). The molecule has 13 heteroatoms. The second kappa shape index (κ2) is 11.3. The van der Waals surface area contributed by atoms with Gasteiger partial charge in [0.25, 0.3) is 5.09 Å². The van der Waals surface area contributed by atoms with Crippen LogP contribution in [0.3, 0.4) is 0 Å². The molecule has 12 nitrogen and oxygen atoms in total. The predicted octanol–water partition coefficient (Wildman–Crippen LogP) is -1.81. The predicted molar refractivity (Wildman–Crippen MR) is 41.8 cm³/mol. The summed E-state index contributed by atoms with van der Waals surface area (Å²) in [5, 5.41) is 13.6. The Morgan fingerprint density at radius 1 is 1.29 bits per heavy atom. The first kappa shape index (κ1) is 22.8. The molecule has 2 amide bonds. The summed E-state index contributed by atoms with van der Waals surface area (Å²) in [4.78, 5) is 17.4. The van der Waals surface area contributed by atoms with Crippen LogP contribution < -0.4 is 17.6 Å². The van der Waals surface area contributed by atoms with Gasteiger partial charge in [-0.15, -0.1) is 10.1 Å². The summed E-state index contributed by atoms with van der Waals surface area (Å²) in [5.41, 5.74) is 8.50. The molecule has 0 fully saturated rings. The molecule has 0 aromatic rings. The molecule has 0 spiro atoms. The maximum absolute atomic E-state index is 9.00. The third-order valence-corrected chi connectivity index (χ3v) is 0. The molecule has 0 atom stereocenters. The molecule has 0 bridgehead atoms. The highest BCUT2D eigenvalue weighted by Crippen LogP contribution is 1.59. The Morgan fingerprint density at radius 3 is 1.29 bits per heavy atom. The quantitative estimate of drug-likeness (QED) is 0.158. The number of primary amides is 2. The van der Waals surface area contributed by atoms with Crippen molar-refractivity contribution in [1.82, 2.24) is 6.15 Å². The largest absolute Gasteiger partial charge is 0.394 e. The van der Waals surface area contributed by atoms with Gasteiger partial charge in [-0.2, -0.15) is 8.42 Å². The average molecular weight is 238 g/mol. The van der Waals surface area contributed by atoms with Gasteiger partial charge in [0.05, 0.1) is 0 Å². The van der Waals surface area contributed by atoms with Gasteiger partial charge in [-0.05, 0) is 0 Å². The lowest BCUT2D eigenvalue weighted by molar-refractivity contribution is -0.742. The molecule has 0 aliphatic heterocycles. The van der Waals surface area contributed by atoms with Crippen molar-refractivity contribution >= 4 is 16.4 Å². The zero-order chi connectivity index (χ0) is 11.7. The van der Waals surface area contributed by atoms with Gasteiger partial charge in [0.15, 0.2) is 0 Å². The van der Waals surface area contributed by atoms with E-state index in [9.17, 15) is 0 Å². The van der Waals surface area contributed by atoms with Crippen LogP contribution in [0.15, 0.2) is 0 Å². The monoisotopic (exact) mass is 238 g/mol. The molecule has 0 aromatic carbocycles. The normalized spacial score (nSPS) is 7.57. The third-order valence-electron chi connectivity index (χ3n) is 0. The van der Waals surface area contributed by atoms with E-state index < -0.39 is 21.5 Å². The lowest BCUT2D eigenvalue weighted by Gasteiger charge is -1.68. The highest BCUT2D eigenvalue weighted by molar-refractivity contribution is 7.79. The Hall–Kier alpha value is -1.70. The van der Waals surface area contributed by atoms with Crippen molar-refractivity contribution in [3.8, 4) is 0 Å². The Balaban J connectivity index is -0.0000000522. The van der Waals surface area contributed by atoms with Crippen LogP contribution in [0, 0.1) is 10.1 Å². The van der Waals surface area contributed by atoms with Gasteiger partial charge in [-0.25, -0.2) is 4.79 Å². The molecule has 0 unspecified atom stereocenters. The van der Waals surface area contributed by atoms with Crippen LogP contribution in [0.5, 0.6) is 0 Å². The first-order chi connectivity index (χ1) is 5.46. The van der Waals surface area contributed by atoms with E-state index in [-0.39, 0.29) is 6.15 Å². The average Bonchev–Trinajstić information content (AvgIpc) is 1.50. The van der Waals surface area contributed by atoms with Gasteiger partial charge in [-0.3, -0.25) is 9.11 Å². The topological polar surface area (TPSA) is 242 Å². The van der Waals surface area contributed by atoms with Crippen molar-refractivity contribution in [3.05, 3.63) is 10.1 Å². The third kappa shape index (κ3) is 308. The minimum Gasteiger partial charge on any atom is -0.352 e. The zero-order valence-corrected chi connectivity index (χ0v) is 7.42. The molecule has 14 heavy (non-hydrogen) atoms. The van der Waals surface area contributed by atoms with E-state index in [0.29, 0.717) is 0 Å². The van der Waals surface area contributed by atoms with Crippen molar-refractivity contribution in [2.24, 2.45) is 11.5 Å². The number of nitrogens with zero attached hydrogens (tertiary/aromatic N) is 1. The van der Waals surface area contributed by atoms with Gasteiger partial charge < -0.3 is 22.8 Å². The molecule has 0 saturated heterocycles. The molecule has 0 saturated carbocycles. The Labute approximate surface area is 77.8 Å². The number of rotatable bonds is 0. The van der Waals surface area contributed by atoms with Crippen molar-refractivity contribution in [1.29, 1.82) is 0 Å². The molecule has 88 valence electrons. The second-order valence-corrected chi connectivity index (χ2v) is 1.98. The van der Waals surface area contributed by atoms with E-state index in [1.807, 2.05) is 0 Å². The van der Waals surface area contributed by atoms with Crippen molar-refractivity contribution in [3.63, 3.8) is 0 Å². The van der Waals surface area contributed by atoms with Gasteiger partial charge in [-0.1, -0.05) is 0 Å². The number of carbonyl (C=O) groups excluding carboxylic acids is 1. The fourth-order valence-electron chi connectivity index (χ4n) is 0. The van der Waals surface area contributed by atoms with Crippen LogP contribution in [0.4, 0.5) is 4.79 Å². The highest BCUT2D eigenvalue weighted by Gasteiger charge is 1.84. The van der Waals surface area contributed by atoms with Gasteiger partial charge in [0, 0.05) is 0 Å². The standard InChI is InChI=1S/CH4N2O.HNO3.H3N.H2O4S/c2*2-1(3)4;;1-5(2,3)4/h(H4,2,3,4);(H,2,3,4);1H3;(H2,1,2,3,4). The summed E-state index contributed by atoms with van der Waals surface area (Å²) in [6.07, 6.45) is 0. The van der Waals surface area contributed by atoms with Crippen molar-refractivity contribution in [2.75, 3.05) is 0 Å². The van der Waals surface area contributed by atoms with Crippen LogP contribution in [-0.4, -0.2) is 33.8 Å². The van der Waals surface area contributed by atoms with Crippen molar-refractivity contribution in [2.45, 2.75) is 0 Å². The van der Waals surface area contributed by atoms with Gasteiger partial charge in [0.2, 0.25) is 0 Å². The molecule has 0 aliphatic carbocycles. The lowest BCUT2D eigenvalue weighted by Crippen LogP contribution is -2.18. The Bertz CT molecular complexity index is 216. The van der Waals surface area contributed by atoms with Gasteiger partial charge in [0.1, 0.15) is 0 Å². The van der Waals surface area contributed by atoms with E-state index in [4.69, 9.17) is 37.6 Å². The van der Waals surface area contributed by atoms with Gasteiger partial charge >= 0.3 is 16.4 Å². The maximum Gasteiger partial charge on any atom is 0.394 e. The molecular weight excluding hydrogens is 228 g/mol. The molecule has 0 radical (unpaired) electrons. The van der Waals surface area contributed by atoms with Crippen LogP contribution >= 0.6 is 0 Å². The fraction of sp³-hybridized carbons (Fsp3) is 0. The zero-order valence-electron chi connectivity index (χ0n) is 6.60. The van der Waals surface area contributed by atoms with E-state index in [0.717, 1.165) is 0 Å². The number of nitrogens with two attached hydrogens (primary N) is 2. The van der Waals surface area contributed by atoms with E-state index in [1.54, 1.807) is 0 Å². The maximum atomic E-state index is 9.00. The summed E-state index contributed by atoms with van der Waals surface area (Å²) in [5.74, 6) is 0. The smallest absolute Gasteiger partial charge is 0.352 e. The van der Waals surface area contributed by atoms with Crippen LogP contribution in [0.2, 0.25) is 0 Å².